The highest BCUT2D eigenvalue weighted by atomic mass is 16.2. The first-order chi connectivity index (χ1) is 13.2. The minimum absolute atomic E-state index is 0.0821. The lowest BCUT2D eigenvalue weighted by Crippen LogP contribution is -2.25. The fraction of sp³-hybridized carbons (Fsp3) is 0.143. The zero-order valence-corrected chi connectivity index (χ0v) is 14.6. The van der Waals surface area contributed by atoms with E-state index in [0.29, 0.717) is 24.3 Å². The lowest BCUT2D eigenvalue weighted by atomic mass is 10.2. The highest BCUT2D eigenvalue weighted by Gasteiger charge is 2.23. The molecule has 6 nitrogen and oxygen atoms in total. The highest BCUT2D eigenvalue weighted by Crippen LogP contribution is 2.29. The summed E-state index contributed by atoms with van der Waals surface area (Å²) in [5, 5.41) is 2.85. The molecule has 6 heteroatoms. The summed E-state index contributed by atoms with van der Waals surface area (Å²) in [6.07, 6.45) is 6.05. The van der Waals surface area contributed by atoms with Crippen molar-refractivity contribution in [1.82, 2.24) is 9.97 Å². The Hall–Kier alpha value is -3.54. The molecule has 0 unspecified atom stereocenters. The summed E-state index contributed by atoms with van der Waals surface area (Å²) in [6.45, 7) is 0.675. The van der Waals surface area contributed by atoms with Gasteiger partial charge in [0.15, 0.2) is 0 Å². The molecule has 2 amide bonds. The van der Waals surface area contributed by atoms with Gasteiger partial charge in [-0.3, -0.25) is 14.6 Å². The fourth-order valence-electron chi connectivity index (χ4n) is 3.10. The molecule has 0 saturated carbocycles. The van der Waals surface area contributed by atoms with Gasteiger partial charge in [-0.05, 0) is 36.8 Å². The van der Waals surface area contributed by atoms with Crippen molar-refractivity contribution in [2.75, 3.05) is 16.8 Å². The number of hydrogen-bond acceptors (Lipinski definition) is 4. The predicted molar refractivity (Wildman–Crippen MR) is 105 cm³/mol. The van der Waals surface area contributed by atoms with Crippen molar-refractivity contribution < 1.29 is 9.59 Å². The summed E-state index contributed by atoms with van der Waals surface area (Å²) >= 11 is 0. The van der Waals surface area contributed by atoms with Gasteiger partial charge in [0.2, 0.25) is 11.8 Å². The second-order valence-corrected chi connectivity index (χ2v) is 6.27. The number of anilines is 2. The Morgan fingerprint density at radius 2 is 1.85 bits per heavy atom. The Kier molecular flexibility index (Phi) is 4.61. The number of benzene rings is 2. The van der Waals surface area contributed by atoms with Crippen LogP contribution < -0.4 is 10.2 Å². The first kappa shape index (κ1) is 16.9. The molecule has 2 aromatic carbocycles. The number of carbonyl (C=O) groups excluding carboxylic acids is 2. The first-order valence-electron chi connectivity index (χ1n) is 8.81. The number of nitrogens with zero attached hydrogens (tertiary/aromatic N) is 3. The maximum absolute atomic E-state index is 12.3. The summed E-state index contributed by atoms with van der Waals surface area (Å²) in [5.41, 5.74) is 3.53. The lowest BCUT2D eigenvalue weighted by Gasteiger charge is -2.19. The summed E-state index contributed by atoms with van der Waals surface area (Å²) < 4.78 is 0. The molecule has 2 heterocycles. The van der Waals surface area contributed by atoms with Crippen molar-refractivity contribution in [2.24, 2.45) is 0 Å². The van der Waals surface area contributed by atoms with E-state index >= 15 is 0 Å². The smallest absolute Gasteiger partial charge is 0.248 e. The molecular weight excluding hydrogens is 340 g/mol. The van der Waals surface area contributed by atoms with Gasteiger partial charge in [-0.2, -0.15) is 0 Å². The first-order valence-corrected chi connectivity index (χ1v) is 8.81. The maximum atomic E-state index is 12.3. The average Bonchev–Trinajstić information content (AvgIpc) is 3.12. The number of aromatic nitrogens is 2. The van der Waals surface area contributed by atoms with Crippen molar-refractivity contribution in [3.05, 3.63) is 66.5 Å². The minimum Gasteiger partial charge on any atom is -0.321 e. The number of fused-ring (bicyclic) bond motifs is 1. The van der Waals surface area contributed by atoms with Crippen molar-refractivity contribution in [2.45, 2.75) is 12.8 Å². The molecule has 0 spiro atoms. The van der Waals surface area contributed by atoms with E-state index in [1.807, 2.05) is 42.5 Å². The van der Waals surface area contributed by atoms with E-state index < -0.39 is 0 Å². The van der Waals surface area contributed by atoms with Gasteiger partial charge >= 0.3 is 0 Å². The number of amides is 2. The van der Waals surface area contributed by atoms with E-state index in [1.165, 1.54) is 6.08 Å². The number of para-hydroxylation sites is 4. The van der Waals surface area contributed by atoms with Crippen LogP contribution in [-0.2, 0) is 9.59 Å². The molecule has 0 aliphatic carbocycles. The molecule has 3 aromatic rings. The Morgan fingerprint density at radius 3 is 2.67 bits per heavy atom. The van der Waals surface area contributed by atoms with E-state index in [-0.39, 0.29) is 11.8 Å². The van der Waals surface area contributed by atoms with Crippen molar-refractivity contribution in [3.8, 4) is 0 Å². The molecule has 134 valence electrons. The summed E-state index contributed by atoms with van der Waals surface area (Å²) in [7, 11) is 0. The van der Waals surface area contributed by atoms with E-state index in [9.17, 15) is 9.59 Å². The van der Waals surface area contributed by atoms with Gasteiger partial charge in [-0.25, -0.2) is 4.98 Å². The van der Waals surface area contributed by atoms with Crippen LogP contribution in [0.3, 0.4) is 0 Å². The average molecular weight is 358 g/mol. The minimum atomic E-state index is -0.288. The van der Waals surface area contributed by atoms with Crippen LogP contribution >= 0.6 is 0 Å². The van der Waals surface area contributed by atoms with E-state index in [4.69, 9.17) is 0 Å². The molecule has 1 aliphatic heterocycles. The molecule has 0 radical (unpaired) electrons. The number of rotatable bonds is 4. The summed E-state index contributed by atoms with van der Waals surface area (Å²) in [5.74, 6) is -0.206. The number of carbonyl (C=O) groups is 2. The molecule has 1 aromatic heterocycles. The van der Waals surface area contributed by atoms with Gasteiger partial charge in [0.25, 0.3) is 0 Å². The standard InChI is InChI=1S/C21H18N4O2/c26-20(12-11-15-14-22-16-6-1-2-7-17(16)23-15)24-18-8-3-4-9-19(18)25-13-5-10-21(25)27/h1-4,6-9,11-12,14H,5,10,13H2,(H,24,26)/b12-11+. The number of nitrogens with one attached hydrogen (secondary N) is 1. The third kappa shape index (κ3) is 3.69. The normalized spacial score (nSPS) is 14.2. The topological polar surface area (TPSA) is 75.2 Å². The van der Waals surface area contributed by atoms with Gasteiger partial charge in [0, 0.05) is 19.0 Å². The maximum Gasteiger partial charge on any atom is 0.248 e. The summed E-state index contributed by atoms with van der Waals surface area (Å²) in [6, 6.07) is 14.9. The molecule has 27 heavy (non-hydrogen) atoms. The molecule has 1 fully saturated rings. The van der Waals surface area contributed by atoms with Crippen molar-refractivity contribution in [1.29, 1.82) is 0 Å². The van der Waals surface area contributed by atoms with Crippen LogP contribution in [-0.4, -0.2) is 28.3 Å². The second kappa shape index (κ2) is 7.37. The van der Waals surface area contributed by atoms with Crippen LogP contribution in [0.15, 0.2) is 60.8 Å². The van der Waals surface area contributed by atoms with E-state index in [2.05, 4.69) is 15.3 Å². The Bertz CT molecular complexity index is 1050. The summed E-state index contributed by atoms with van der Waals surface area (Å²) in [4.78, 5) is 34.9. The van der Waals surface area contributed by atoms with Gasteiger partial charge in [0.05, 0.1) is 34.3 Å². The monoisotopic (exact) mass is 358 g/mol. The predicted octanol–water partition coefficient (Wildman–Crippen LogP) is 3.41. The van der Waals surface area contributed by atoms with Crippen molar-refractivity contribution >= 4 is 40.3 Å². The van der Waals surface area contributed by atoms with Crippen LogP contribution in [0.2, 0.25) is 0 Å². The number of hydrogen-bond donors (Lipinski definition) is 1. The molecular formula is C21H18N4O2. The highest BCUT2D eigenvalue weighted by molar-refractivity contribution is 6.06. The Labute approximate surface area is 156 Å². The van der Waals surface area contributed by atoms with Gasteiger partial charge < -0.3 is 10.2 Å². The quantitative estimate of drug-likeness (QED) is 0.725. The van der Waals surface area contributed by atoms with Crippen LogP contribution in [0.1, 0.15) is 18.5 Å². The third-order valence-corrected chi connectivity index (χ3v) is 4.40. The van der Waals surface area contributed by atoms with Gasteiger partial charge in [0.1, 0.15) is 0 Å². The third-order valence-electron chi connectivity index (χ3n) is 4.40. The van der Waals surface area contributed by atoms with Crippen LogP contribution in [0.5, 0.6) is 0 Å². The molecule has 1 aliphatic rings. The SMILES string of the molecule is O=C(/C=C/c1cnc2ccccc2n1)Nc1ccccc1N1CCCC1=O. The Balaban J connectivity index is 1.51. The van der Waals surface area contributed by atoms with Gasteiger partial charge in [-0.1, -0.05) is 24.3 Å². The molecule has 1 saturated heterocycles. The van der Waals surface area contributed by atoms with Gasteiger partial charge in [-0.15, -0.1) is 0 Å². The zero-order valence-electron chi connectivity index (χ0n) is 14.6. The Morgan fingerprint density at radius 1 is 1.07 bits per heavy atom. The van der Waals surface area contributed by atoms with Crippen molar-refractivity contribution in [3.63, 3.8) is 0 Å². The van der Waals surface area contributed by atoms with Crippen LogP contribution in [0.4, 0.5) is 11.4 Å². The van der Waals surface area contributed by atoms with Crippen LogP contribution in [0, 0.1) is 0 Å². The molecule has 0 atom stereocenters. The molecule has 0 bridgehead atoms. The van der Waals surface area contributed by atoms with E-state index in [0.717, 1.165) is 23.1 Å². The van der Waals surface area contributed by atoms with Crippen LogP contribution in [0.25, 0.3) is 17.1 Å². The molecule has 1 N–H and O–H groups in total. The largest absolute Gasteiger partial charge is 0.321 e. The lowest BCUT2D eigenvalue weighted by molar-refractivity contribution is -0.117. The molecule has 4 rings (SSSR count). The zero-order chi connectivity index (χ0) is 18.6. The second-order valence-electron chi connectivity index (χ2n) is 6.27. The fourth-order valence-corrected chi connectivity index (χ4v) is 3.10. The van der Waals surface area contributed by atoms with E-state index in [1.54, 1.807) is 23.2 Å².